The summed E-state index contributed by atoms with van der Waals surface area (Å²) in [7, 11) is 3.48. The van der Waals surface area contributed by atoms with Crippen molar-refractivity contribution in [3.05, 3.63) is 32.6 Å². The maximum Gasteiger partial charge on any atom is 0.124 e. The second-order valence-corrected chi connectivity index (χ2v) is 9.89. The molecule has 0 atom stereocenters. The van der Waals surface area contributed by atoms with E-state index in [9.17, 15) is 5.11 Å². The Morgan fingerprint density at radius 1 is 0.857 bits per heavy atom. The van der Waals surface area contributed by atoms with E-state index in [-0.39, 0.29) is 0 Å². The SMILES string of the molecule is CCCc1c(-c2cc(CN(CC)CC)c(O)c(CN(CC)CC)c2)ssc1=S. The lowest BCUT2D eigenvalue weighted by Gasteiger charge is -2.23. The van der Waals surface area contributed by atoms with Crippen molar-refractivity contribution in [3.8, 4) is 16.2 Å². The highest BCUT2D eigenvalue weighted by Gasteiger charge is 2.18. The molecule has 156 valence electrons. The van der Waals surface area contributed by atoms with E-state index >= 15 is 0 Å². The molecule has 2 rings (SSSR count). The number of nitrogens with zero attached hydrogens (tertiary/aromatic N) is 2. The molecule has 0 amide bonds. The molecule has 0 saturated heterocycles. The zero-order chi connectivity index (χ0) is 20.7. The van der Waals surface area contributed by atoms with Crippen LogP contribution in [0.1, 0.15) is 57.7 Å². The second kappa shape index (κ2) is 11.4. The molecule has 0 saturated carbocycles. The highest BCUT2D eigenvalue weighted by Crippen LogP contribution is 2.39. The Hall–Kier alpha value is -0.790. The van der Waals surface area contributed by atoms with Gasteiger partial charge in [0, 0.05) is 24.2 Å². The van der Waals surface area contributed by atoms with Gasteiger partial charge in [0.25, 0.3) is 0 Å². The Kier molecular flexibility index (Phi) is 9.57. The summed E-state index contributed by atoms with van der Waals surface area (Å²) in [6, 6.07) is 4.37. The van der Waals surface area contributed by atoms with E-state index in [1.54, 1.807) is 20.7 Å². The van der Waals surface area contributed by atoms with Gasteiger partial charge in [0.1, 0.15) is 9.57 Å². The molecule has 0 fully saturated rings. The largest absolute Gasteiger partial charge is 0.507 e. The summed E-state index contributed by atoms with van der Waals surface area (Å²) in [5, 5.41) is 11.0. The lowest BCUT2D eigenvalue weighted by molar-refractivity contribution is 0.281. The van der Waals surface area contributed by atoms with Crippen LogP contribution in [0.25, 0.3) is 10.4 Å². The lowest BCUT2D eigenvalue weighted by atomic mass is 9.99. The highest BCUT2D eigenvalue weighted by atomic mass is 32.9. The third kappa shape index (κ3) is 5.63. The average Bonchev–Trinajstić information content (AvgIpc) is 3.07. The van der Waals surface area contributed by atoms with Gasteiger partial charge in [-0.1, -0.05) is 73.9 Å². The zero-order valence-electron chi connectivity index (χ0n) is 17.9. The number of hydrogen-bond acceptors (Lipinski definition) is 6. The molecule has 0 aliphatic carbocycles. The van der Waals surface area contributed by atoms with Crippen LogP contribution in [0.5, 0.6) is 5.75 Å². The van der Waals surface area contributed by atoms with Crippen LogP contribution in [-0.2, 0) is 19.5 Å². The monoisotopic (exact) mass is 438 g/mol. The van der Waals surface area contributed by atoms with Gasteiger partial charge in [0.05, 0.1) is 4.88 Å². The molecule has 1 aromatic carbocycles. The van der Waals surface area contributed by atoms with Gasteiger partial charge in [-0.15, -0.1) is 0 Å². The van der Waals surface area contributed by atoms with Crippen LogP contribution in [0.3, 0.4) is 0 Å². The molecule has 6 heteroatoms. The van der Waals surface area contributed by atoms with Crippen LogP contribution >= 0.6 is 32.9 Å². The van der Waals surface area contributed by atoms with Crippen molar-refractivity contribution in [1.29, 1.82) is 0 Å². The fourth-order valence-corrected chi connectivity index (χ4v) is 6.46. The maximum atomic E-state index is 11.0. The predicted molar refractivity (Wildman–Crippen MR) is 127 cm³/mol. The fourth-order valence-electron chi connectivity index (χ4n) is 3.47. The molecular weight excluding hydrogens is 404 g/mol. The Labute approximate surface area is 183 Å². The first-order chi connectivity index (χ1) is 13.5. The van der Waals surface area contributed by atoms with Crippen molar-refractivity contribution < 1.29 is 5.11 Å². The van der Waals surface area contributed by atoms with E-state index < -0.39 is 0 Å². The van der Waals surface area contributed by atoms with Crippen LogP contribution < -0.4 is 0 Å². The Bertz CT molecular complexity index is 769. The van der Waals surface area contributed by atoms with Crippen molar-refractivity contribution in [3.63, 3.8) is 0 Å². The van der Waals surface area contributed by atoms with E-state index in [1.165, 1.54) is 16.0 Å². The number of hydrogen-bond donors (Lipinski definition) is 1. The van der Waals surface area contributed by atoms with Crippen LogP contribution in [0, 0.1) is 3.82 Å². The molecule has 0 aliphatic heterocycles. The molecule has 0 bridgehead atoms. The summed E-state index contributed by atoms with van der Waals surface area (Å²) in [6.07, 6.45) is 2.11. The zero-order valence-corrected chi connectivity index (χ0v) is 20.3. The summed E-state index contributed by atoms with van der Waals surface area (Å²) < 4.78 is 1.02. The summed E-state index contributed by atoms with van der Waals surface area (Å²) in [5.41, 5.74) is 4.56. The van der Waals surface area contributed by atoms with Crippen molar-refractivity contribution in [2.24, 2.45) is 0 Å². The van der Waals surface area contributed by atoms with Crippen LogP contribution in [0.15, 0.2) is 12.1 Å². The third-order valence-electron chi connectivity index (χ3n) is 5.33. The molecule has 0 aliphatic rings. The summed E-state index contributed by atoms with van der Waals surface area (Å²) in [6.45, 7) is 16.3. The van der Waals surface area contributed by atoms with Crippen molar-refractivity contribution >= 4 is 32.9 Å². The Morgan fingerprint density at radius 2 is 1.36 bits per heavy atom. The second-order valence-electron chi connectivity index (χ2n) is 7.08. The highest BCUT2D eigenvalue weighted by molar-refractivity contribution is 7.80. The number of rotatable bonds is 11. The fraction of sp³-hybridized carbons (Fsp3) is 0.591. The molecule has 3 nitrogen and oxygen atoms in total. The van der Waals surface area contributed by atoms with Crippen LogP contribution in [0.2, 0.25) is 0 Å². The number of phenolic OH excluding ortho intramolecular Hbond substituents is 1. The topological polar surface area (TPSA) is 26.7 Å². The molecule has 1 heterocycles. The predicted octanol–water partition coefficient (Wildman–Crippen LogP) is 6.55. The number of aromatic hydroxyl groups is 1. The summed E-state index contributed by atoms with van der Waals surface area (Å²) >= 11 is 5.61. The standard InChI is InChI=1S/C22H34N2OS3/c1-6-11-19-21(27-28-22(19)26)16-12-17(14-23(7-2)8-3)20(25)18(13-16)15-24(9-4)10-5/h12-13,25H,6-11,14-15H2,1-5H3. The summed E-state index contributed by atoms with van der Waals surface area (Å²) in [5.74, 6) is 0.457. The van der Waals surface area contributed by atoms with Crippen molar-refractivity contribution in [2.45, 2.75) is 60.5 Å². The molecule has 0 spiro atoms. The summed E-state index contributed by atoms with van der Waals surface area (Å²) in [4.78, 5) is 5.99. The molecule has 1 aromatic heterocycles. The minimum atomic E-state index is 0.457. The van der Waals surface area contributed by atoms with Crippen molar-refractivity contribution in [2.75, 3.05) is 26.2 Å². The molecule has 28 heavy (non-hydrogen) atoms. The number of phenols is 1. The average molecular weight is 439 g/mol. The Morgan fingerprint density at radius 3 is 1.79 bits per heavy atom. The minimum absolute atomic E-state index is 0.457. The van der Waals surface area contributed by atoms with Crippen LogP contribution in [-0.4, -0.2) is 41.1 Å². The van der Waals surface area contributed by atoms with Crippen LogP contribution in [0.4, 0.5) is 0 Å². The maximum absolute atomic E-state index is 11.0. The Balaban J connectivity index is 2.57. The van der Waals surface area contributed by atoms with Gasteiger partial charge >= 0.3 is 0 Å². The van der Waals surface area contributed by atoms with E-state index in [0.717, 1.165) is 67.1 Å². The first kappa shape index (κ1) is 23.5. The van der Waals surface area contributed by atoms with Crippen molar-refractivity contribution in [1.82, 2.24) is 9.80 Å². The minimum Gasteiger partial charge on any atom is -0.507 e. The van der Waals surface area contributed by atoms with Gasteiger partial charge in [-0.3, -0.25) is 9.80 Å². The normalized spacial score (nSPS) is 11.7. The van der Waals surface area contributed by atoms with E-state index in [4.69, 9.17) is 12.2 Å². The molecule has 1 N–H and O–H groups in total. The lowest BCUT2D eigenvalue weighted by Crippen LogP contribution is -2.24. The molecule has 0 radical (unpaired) electrons. The first-order valence-corrected chi connectivity index (χ1v) is 13.0. The van der Waals surface area contributed by atoms with Gasteiger partial charge in [-0.2, -0.15) is 0 Å². The molecule has 2 aromatic rings. The van der Waals surface area contributed by atoms with Gasteiger partial charge in [0.2, 0.25) is 0 Å². The third-order valence-corrected chi connectivity index (χ3v) is 8.52. The first-order valence-electron chi connectivity index (χ1n) is 10.4. The quantitative estimate of drug-likeness (QED) is 0.318. The van der Waals surface area contributed by atoms with E-state index in [2.05, 4.69) is 56.6 Å². The van der Waals surface area contributed by atoms with Gasteiger partial charge in [-0.05, 0) is 55.9 Å². The smallest absolute Gasteiger partial charge is 0.124 e. The van der Waals surface area contributed by atoms with Gasteiger partial charge in [-0.25, -0.2) is 0 Å². The van der Waals surface area contributed by atoms with Gasteiger partial charge < -0.3 is 5.11 Å². The molecule has 0 unspecified atom stereocenters. The van der Waals surface area contributed by atoms with E-state index in [0.29, 0.717) is 5.75 Å². The van der Waals surface area contributed by atoms with E-state index in [1.807, 2.05) is 0 Å². The molecular formula is C22H34N2OS3. The van der Waals surface area contributed by atoms with Gasteiger partial charge in [0.15, 0.2) is 0 Å². The number of benzene rings is 1.